The van der Waals surface area contributed by atoms with Gasteiger partial charge < -0.3 is 14.4 Å². The fraction of sp³-hybridized carbons (Fsp3) is 0.300. The lowest BCUT2D eigenvalue weighted by atomic mass is 9.90. The van der Waals surface area contributed by atoms with Crippen molar-refractivity contribution in [2.24, 2.45) is 0 Å². The van der Waals surface area contributed by atoms with E-state index >= 15 is 0 Å². The lowest BCUT2D eigenvalue weighted by Crippen LogP contribution is -2.33. The number of hydrogen-bond donors (Lipinski definition) is 1. The van der Waals surface area contributed by atoms with Gasteiger partial charge in [-0.1, -0.05) is 6.92 Å². The number of hydrogen-bond acceptors (Lipinski definition) is 4. The summed E-state index contributed by atoms with van der Waals surface area (Å²) in [5.41, 5.74) is 4.30. The van der Waals surface area contributed by atoms with Crippen LogP contribution in [0.3, 0.4) is 0 Å². The number of halogens is 1. The van der Waals surface area contributed by atoms with Crippen LogP contribution in [-0.4, -0.2) is 21.0 Å². The van der Waals surface area contributed by atoms with Crippen LogP contribution < -0.4 is 5.56 Å². The SMILES string of the molecule is CCC1c2cc3n(c(=O)c2CO[C@H]1F)Cc1cc2cc(O)ccc2nc1-3. The number of alkyl halides is 1. The van der Waals surface area contributed by atoms with Crippen LogP contribution in [0.4, 0.5) is 4.39 Å². The average molecular weight is 352 g/mol. The maximum Gasteiger partial charge on any atom is 0.257 e. The van der Waals surface area contributed by atoms with Crippen LogP contribution in [0.5, 0.6) is 5.75 Å². The molecule has 0 amide bonds. The summed E-state index contributed by atoms with van der Waals surface area (Å²) in [5.74, 6) is -0.252. The molecule has 2 aromatic heterocycles. The minimum absolute atomic E-state index is 0.00569. The number of aromatic hydroxyl groups is 1. The first-order valence-electron chi connectivity index (χ1n) is 8.72. The molecule has 0 saturated carbocycles. The van der Waals surface area contributed by atoms with Gasteiger partial charge in [-0.15, -0.1) is 0 Å². The number of rotatable bonds is 1. The van der Waals surface area contributed by atoms with Crippen LogP contribution in [0.1, 0.15) is 36.0 Å². The monoisotopic (exact) mass is 352 g/mol. The van der Waals surface area contributed by atoms with Gasteiger partial charge in [0.1, 0.15) is 5.75 Å². The van der Waals surface area contributed by atoms with Crippen molar-refractivity contribution in [3.8, 4) is 17.1 Å². The van der Waals surface area contributed by atoms with E-state index in [-0.39, 0.29) is 17.9 Å². The maximum absolute atomic E-state index is 14.2. The molecule has 2 aliphatic rings. The van der Waals surface area contributed by atoms with E-state index in [4.69, 9.17) is 9.72 Å². The molecule has 0 spiro atoms. The normalized spacial score (nSPS) is 20.7. The van der Waals surface area contributed by atoms with Crippen LogP contribution in [0.25, 0.3) is 22.3 Å². The third kappa shape index (κ3) is 2.05. The predicted octanol–water partition coefficient (Wildman–Crippen LogP) is 3.45. The Hall–Kier alpha value is -2.73. The Kier molecular flexibility index (Phi) is 3.21. The summed E-state index contributed by atoms with van der Waals surface area (Å²) in [5, 5.41) is 10.5. The first-order chi connectivity index (χ1) is 12.6. The molecule has 1 unspecified atom stereocenters. The molecule has 1 N–H and O–H groups in total. The smallest absolute Gasteiger partial charge is 0.257 e. The van der Waals surface area contributed by atoms with Crippen molar-refractivity contribution in [3.63, 3.8) is 0 Å². The molecule has 2 atom stereocenters. The number of fused-ring (bicyclic) bond motifs is 5. The van der Waals surface area contributed by atoms with E-state index in [9.17, 15) is 14.3 Å². The first kappa shape index (κ1) is 15.5. The Morgan fingerprint density at radius 1 is 1.35 bits per heavy atom. The number of nitrogens with zero attached hydrogens (tertiary/aromatic N) is 2. The van der Waals surface area contributed by atoms with E-state index in [0.29, 0.717) is 18.5 Å². The Labute approximate surface area is 148 Å². The zero-order valence-corrected chi connectivity index (χ0v) is 14.2. The van der Waals surface area contributed by atoms with Gasteiger partial charge >= 0.3 is 0 Å². The van der Waals surface area contributed by atoms with Crippen molar-refractivity contribution < 1.29 is 14.2 Å². The van der Waals surface area contributed by atoms with Gasteiger partial charge in [0, 0.05) is 22.4 Å². The van der Waals surface area contributed by atoms with Crippen molar-refractivity contribution in [2.45, 2.75) is 38.8 Å². The summed E-state index contributed by atoms with van der Waals surface area (Å²) >= 11 is 0. The Morgan fingerprint density at radius 3 is 3.00 bits per heavy atom. The van der Waals surface area contributed by atoms with E-state index < -0.39 is 12.3 Å². The lowest BCUT2D eigenvalue weighted by Gasteiger charge is -2.28. The molecule has 0 radical (unpaired) electrons. The number of phenols is 1. The Balaban J connectivity index is 1.76. The molecule has 0 aliphatic carbocycles. The standard InChI is InChI=1S/C20H17FN2O3/c1-2-13-14-7-17-18-11(5-10-6-12(24)3-4-16(10)22-18)8-23(17)20(25)15(14)9-26-19(13)21/h3-7,13,19,24H,2,8-9H2,1H3/t13?,19-/m1/s1. The number of ether oxygens (including phenoxy) is 1. The van der Waals surface area contributed by atoms with Crippen molar-refractivity contribution in [2.75, 3.05) is 0 Å². The third-order valence-electron chi connectivity index (χ3n) is 5.43. The Bertz CT molecular complexity index is 1120. The molecule has 0 saturated heterocycles. The van der Waals surface area contributed by atoms with Crippen LogP contribution >= 0.6 is 0 Å². The molecular formula is C20H17FN2O3. The minimum Gasteiger partial charge on any atom is -0.508 e. The maximum atomic E-state index is 14.2. The lowest BCUT2D eigenvalue weighted by molar-refractivity contribution is -0.0790. The minimum atomic E-state index is -1.39. The second-order valence-corrected chi connectivity index (χ2v) is 6.90. The van der Waals surface area contributed by atoms with Gasteiger partial charge in [0.25, 0.3) is 5.56 Å². The van der Waals surface area contributed by atoms with E-state index in [1.165, 1.54) is 0 Å². The van der Waals surface area contributed by atoms with E-state index in [0.717, 1.165) is 33.4 Å². The zero-order chi connectivity index (χ0) is 18.0. The molecule has 6 heteroatoms. The summed E-state index contributed by atoms with van der Waals surface area (Å²) in [6.07, 6.45) is -0.822. The summed E-state index contributed by atoms with van der Waals surface area (Å²) in [7, 11) is 0. The van der Waals surface area contributed by atoms with Crippen molar-refractivity contribution in [3.05, 3.63) is 57.4 Å². The highest BCUT2D eigenvalue weighted by Crippen LogP contribution is 2.38. The highest BCUT2D eigenvalue weighted by molar-refractivity contribution is 5.85. The molecule has 5 nitrogen and oxygen atoms in total. The summed E-state index contributed by atoms with van der Waals surface area (Å²) in [4.78, 5) is 17.7. The van der Waals surface area contributed by atoms with Gasteiger partial charge in [0.2, 0.25) is 6.36 Å². The van der Waals surface area contributed by atoms with Gasteiger partial charge in [-0.3, -0.25) is 4.79 Å². The zero-order valence-electron chi connectivity index (χ0n) is 14.2. The van der Waals surface area contributed by atoms with Crippen molar-refractivity contribution in [1.82, 2.24) is 9.55 Å². The molecule has 4 heterocycles. The molecule has 0 bridgehead atoms. The molecule has 0 fully saturated rings. The molecule has 2 aliphatic heterocycles. The molecule has 132 valence electrons. The van der Waals surface area contributed by atoms with Gasteiger partial charge in [0.15, 0.2) is 0 Å². The van der Waals surface area contributed by atoms with Crippen molar-refractivity contribution >= 4 is 10.9 Å². The largest absolute Gasteiger partial charge is 0.508 e. The molecule has 26 heavy (non-hydrogen) atoms. The van der Waals surface area contributed by atoms with E-state index in [1.807, 2.05) is 19.1 Å². The quantitative estimate of drug-likeness (QED) is 0.570. The van der Waals surface area contributed by atoms with Crippen LogP contribution in [0.2, 0.25) is 0 Å². The third-order valence-corrected chi connectivity index (χ3v) is 5.43. The molecule has 5 rings (SSSR count). The van der Waals surface area contributed by atoms with E-state index in [2.05, 4.69) is 0 Å². The van der Waals surface area contributed by atoms with Crippen LogP contribution in [0.15, 0.2) is 35.1 Å². The predicted molar refractivity (Wildman–Crippen MR) is 94.9 cm³/mol. The van der Waals surface area contributed by atoms with Gasteiger partial charge in [0.05, 0.1) is 30.1 Å². The molecular weight excluding hydrogens is 335 g/mol. The molecule has 3 aromatic rings. The van der Waals surface area contributed by atoms with Crippen LogP contribution in [0, 0.1) is 0 Å². The Morgan fingerprint density at radius 2 is 2.19 bits per heavy atom. The highest BCUT2D eigenvalue weighted by atomic mass is 19.1. The summed E-state index contributed by atoms with van der Waals surface area (Å²) < 4.78 is 21.0. The van der Waals surface area contributed by atoms with Crippen LogP contribution in [-0.2, 0) is 17.9 Å². The number of pyridine rings is 2. The van der Waals surface area contributed by atoms with Gasteiger partial charge in [-0.25, -0.2) is 9.37 Å². The van der Waals surface area contributed by atoms with Crippen molar-refractivity contribution in [1.29, 1.82) is 0 Å². The number of benzene rings is 1. The average Bonchev–Trinajstić information content (AvgIpc) is 2.98. The second kappa shape index (κ2) is 5.38. The fourth-order valence-corrected chi connectivity index (χ4v) is 4.08. The fourth-order valence-electron chi connectivity index (χ4n) is 4.08. The number of phenolic OH excluding ortho intramolecular Hbond substituents is 1. The summed E-state index contributed by atoms with van der Waals surface area (Å²) in [6, 6.07) is 8.87. The van der Waals surface area contributed by atoms with Gasteiger partial charge in [-0.05, 0) is 42.3 Å². The van der Waals surface area contributed by atoms with Gasteiger partial charge in [-0.2, -0.15) is 0 Å². The highest BCUT2D eigenvalue weighted by Gasteiger charge is 2.34. The number of aromatic nitrogens is 2. The second-order valence-electron chi connectivity index (χ2n) is 6.90. The first-order valence-corrected chi connectivity index (χ1v) is 8.72. The summed E-state index contributed by atoms with van der Waals surface area (Å²) in [6.45, 7) is 2.32. The topological polar surface area (TPSA) is 64.3 Å². The van der Waals surface area contributed by atoms with E-state index in [1.54, 1.807) is 22.8 Å². The molecule has 1 aromatic carbocycles.